The van der Waals surface area contributed by atoms with Crippen LogP contribution in [0, 0.1) is 0 Å². The molecule has 0 spiro atoms. The van der Waals surface area contributed by atoms with Crippen LogP contribution in [0.4, 0.5) is 0 Å². The summed E-state index contributed by atoms with van der Waals surface area (Å²) in [6, 6.07) is 10.8. The Balaban J connectivity index is 1.98. The molecule has 0 aliphatic rings. The van der Waals surface area contributed by atoms with E-state index in [4.69, 9.17) is 20.8 Å². The van der Waals surface area contributed by atoms with Crippen molar-refractivity contribution >= 4 is 39.6 Å². The predicted octanol–water partition coefficient (Wildman–Crippen LogP) is 5.01. The van der Waals surface area contributed by atoms with Crippen molar-refractivity contribution in [3.05, 3.63) is 63.5 Å². The average molecular weight is 356 g/mol. The molecule has 0 bridgehead atoms. The van der Waals surface area contributed by atoms with Crippen LogP contribution in [0.25, 0.3) is 6.08 Å². The van der Waals surface area contributed by atoms with E-state index in [1.54, 1.807) is 31.2 Å². The van der Waals surface area contributed by atoms with E-state index in [2.05, 4.69) is 15.9 Å². The first-order valence-electron chi connectivity index (χ1n) is 5.94. The lowest BCUT2D eigenvalue weighted by atomic mass is 10.1. The van der Waals surface area contributed by atoms with Crippen molar-refractivity contribution in [2.24, 2.45) is 0 Å². The molecule has 2 aromatic rings. The van der Waals surface area contributed by atoms with Gasteiger partial charge in [-0.2, -0.15) is 0 Å². The van der Waals surface area contributed by atoms with E-state index in [1.165, 1.54) is 6.08 Å². The standard InChI is InChI=1S/C15H12BrClO3/c1-10(12-4-2-3-5-13(12)17)19-15(18)9-7-11-6-8-14(16)20-11/h2-10H,1H3/b9-7+/t10-/m1/s1. The molecule has 0 aliphatic heterocycles. The Kier molecular flexibility index (Phi) is 5.04. The summed E-state index contributed by atoms with van der Waals surface area (Å²) in [5, 5.41) is 0.576. The topological polar surface area (TPSA) is 39.4 Å². The van der Waals surface area contributed by atoms with Crippen LogP contribution < -0.4 is 0 Å². The lowest BCUT2D eigenvalue weighted by Gasteiger charge is -2.13. The van der Waals surface area contributed by atoms with Crippen LogP contribution in [-0.4, -0.2) is 5.97 Å². The van der Waals surface area contributed by atoms with Crippen LogP contribution in [0.2, 0.25) is 5.02 Å². The van der Waals surface area contributed by atoms with Crippen LogP contribution >= 0.6 is 27.5 Å². The number of furan rings is 1. The third kappa shape index (κ3) is 3.99. The zero-order valence-electron chi connectivity index (χ0n) is 10.7. The lowest BCUT2D eigenvalue weighted by molar-refractivity contribution is -0.142. The van der Waals surface area contributed by atoms with Gasteiger partial charge in [0.15, 0.2) is 4.67 Å². The summed E-state index contributed by atoms with van der Waals surface area (Å²) in [7, 11) is 0. The molecular formula is C15H12BrClO3. The van der Waals surface area contributed by atoms with Gasteiger partial charge in [0.2, 0.25) is 0 Å². The SMILES string of the molecule is C[C@@H](OC(=O)/C=C/c1ccc(Br)o1)c1ccccc1Cl. The maximum Gasteiger partial charge on any atom is 0.331 e. The molecule has 104 valence electrons. The average Bonchev–Trinajstić information content (AvgIpc) is 2.82. The van der Waals surface area contributed by atoms with E-state index >= 15 is 0 Å². The number of hydrogen-bond acceptors (Lipinski definition) is 3. The van der Waals surface area contributed by atoms with Crippen LogP contribution in [0.15, 0.2) is 51.6 Å². The van der Waals surface area contributed by atoms with Crippen molar-refractivity contribution in [1.82, 2.24) is 0 Å². The number of hydrogen-bond donors (Lipinski definition) is 0. The molecule has 1 atom stereocenters. The minimum absolute atomic E-state index is 0.413. The molecule has 0 unspecified atom stereocenters. The van der Waals surface area contributed by atoms with Crippen molar-refractivity contribution in [2.75, 3.05) is 0 Å². The summed E-state index contributed by atoms with van der Waals surface area (Å²) in [5.41, 5.74) is 0.775. The van der Waals surface area contributed by atoms with Gasteiger partial charge in [-0.05, 0) is 47.1 Å². The largest absolute Gasteiger partial charge is 0.455 e. The third-order valence-corrected chi connectivity index (χ3v) is 3.38. The normalized spacial score (nSPS) is 12.6. The van der Waals surface area contributed by atoms with Crippen molar-refractivity contribution in [2.45, 2.75) is 13.0 Å². The van der Waals surface area contributed by atoms with Crippen LogP contribution in [0.1, 0.15) is 24.4 Å². The summed E-state index contributed by atoms with van der Waals surface area (Å²) in [6.07, 6.45) is 2.45. The second-order valence-corrected chi connectivity index (χ2v) is 5.26. The number of rotatable bonds is 4. The molecule has 0 amide bonds. The zero-order valence-corrected chi connectivity index (χ0v) is 13.0. The Labute approximate surface area is 130 Å². The summed E-state index contributed by atoms with van der Waals surface area (Å²) in [6.45, 7) is 1.77. The number of carbonyl (C=O) groups excluding carboxylic acids is 1. The first-order valence-corrected chi connectivity index (χ1v) is 7.12. The maximum atomic E-state index is 11.7. The Morgan fingerprint density at radius 3 is 2.75 bits per heavy atom. The van der Waals surface area contributed by atoms with Crippen LogP contribution in [0.5, 0.6) is 0 Å². The molecule has 0 N–H and O–H groups in total. The lowest BCUT2D eigenvalue weighted by Crippen LogP contribution is -2.06. The molecule has 1 heterocycles. The molecular weight excluding hydrogens is 344 g/mol. The molecule has 1 aromatic carbocycles. The van der Waals surface area contributed by atoms with Crippen LogP contribution in [0.3, 0.4) is 0 Å². The number of carbonyl (C=O) groups is 1. The van der Waals surface area contributed by atoms with Crippen molar-refractivity contribution in [3.63, 3.8) is 0 Å². The molecule has 0 aliphatic carbocycles. The predicted molar refractivity (Wildman–Crippen MR) is 81.4 cm³/mol. The van der Waals surface area contributed by atoms with Crippen molar-refractivity contribution in [3.8, 4) is 0 Å². The second-order valence-electron chi connectivity index (χ2n) is 4.08. The maximum absolute atomic E-state index is 11.7. The van der Waals surface area contributed by atoms with Gasteiger partial charge in [-0.3, -0.25) is 0 Å². The Morgan fingerprint density at radius 2 is 2.10 bits per heavy atom. The highest BCUT2D eigenvalue weighted by molar-refractivity contribution is 9.10. The number of ether oxygens (including phenoxy) is 1. The van der Waals surface area contributed by atoms with Crippen LogP contribution in [-0.2, 0) is 9.53 Å². The monoisotopic (exact) mass is 354 g/mol. The summed E-state index contributed by atoms with van der Waals surface area (Å²) in [4.78, 5) is 11.7. The van der Waals surface area contributed by atoms with E-state index in [1.807, 2.05) is 18.2 Å². The molecule has 5 heteroatoms. The zero-order chi connectivity index (χ0) is 14.5. The molecule has 2 rings (SSSR count). The van der Waals surface area contributed by atoms with E-state index in [0.717, 1.165) is 5.56 Å². The molecule has 0 fully saturated rings. The Bertz CT molecular complexity index is 634. The Hall–Kier alpha value is -1.52. The first kappa shape index (κ1) is 14.9. The Morgan fingerprint density at radius 1 is 1.35 bits per heavy atom. The number of benzene rings is 1. The van der Waals surface area contributed by atoms with Gasteiger partial charge >= 0.3 is 5.97 Å². The highest BCUT2D eigenvalue weighted by Crippen LogP contribution is 2.25. The van der Waals surface area contributed by atoms with Gasteiger partial charge in [-0.15, -0.1) is 0 Å². The molecule has 0 radical (unpaired) electrons. The molecule has 3 nitrogen and oxygen atoms in total. The fourth-order valence-electron chi connectivity index (χ4n) is 1.65. The summed E-state index contributed by atoms with van der Waals surface area (Å²) < 4.78 is 11.1. The van der Waals surface area contributed by atoms with Gasteiger partial charge in [-0.1, -0.05) is 29.8 Å². The van der Waals surface area contributed by atoms with Crippen molar-refractivity contribution < 1.29 is 13.9 Å². The molecule has 1 aromatic heterocycles. The number of esters is 1. The van der Waals surface area contributed by atoms with Gasteiger partial charge in [0, 0.05) is 16.7 Å². The van der Waals surface area contributed by atoms with Crippen molar-refractivity contribution in [1.29, 1.82) is 0 Å². The van der Waals surface area contributed by atoms with Gasteiger partial charge in [0.1, 0.15) is 11.9 Å². The number of halogens is 2. The van der Waals surface area contributed by atoms with E-state index in [9.17, 15) is 4.79 Å². The second kappa shape index (κ2) is 6.77. The minimum atomic E-state index is -0.454. The van der Waals surface area contributed by atoms with Gasteiger partial charge < -0.3 is 9.15 Å². The quantitative estimate of drug-likeness (QED) is 0.571. The fourth-order valence-corrected chi connectivity index (χ4v) is 2.26. The van der Waals surface area contributed by atoms with Gasteiger partial charge in [0.25, 0.3) is 0 Å². The summed E-state index contributed by atoms with van der Waals surface area (Å²) >= 11 is 9.24. The van der Waals surface area contributed by atoms with Gasteiger partial charge in [0.05, 0.1) is 0 Å². The first-order chi connectivity index (χ1) is 9.56. The van der Waals surface area contributed by atoms with E-state index in [-0.39, 0.29) is 0 Å². The highest BCUT2D eigenvalue weighted by Gasteiger charge is 2.12. The molecule has 20 heavy (non-hydrogen) atoms. The van der Waals surface area contributed by atoms with E-state index in [0.29, 0.717) is 15.5 Å². The summed E-state index contributed by atoms with van der Waals surface area (Å²) in [5.74, 6) is 0.115. The van der Waals surface area contributed by atoms with Gasteiger partial charge in [-0.25, -0.2) is 4.79 Å². The minimum Gasteiger partial charge on any atom is -0.455 e. The third-order valence-electron chi connectivity index (χ3n) is 2.61. The molecule has 0 saturated carbocycles. The van der Waals surface area contributed by atoms with E-state index < -0.39 is 12.1 Å². The highest BCUT2D eigenvalue weighted by atomic mass is 79.9. The smallest absolute Gasteiger partial charge is 0.331 e. The fraction of sp³-hybridized carbons (Fsp3) is 0.133. The molecule has 0 saturated heterocycles.